The minimum absolute atomic E-state index is 0.102. The van der Waals surface area contributed by atoms with E-state index < -0.39 is 18.2 Å². The van der Waals surface area contributed by atoms with Gasteiger partial charge in [-0.2, -0.15) is 0 Å². The largest absolute Gasteiger partial charge is 0.496 e. The fourth-order valence-electron chi connectivity index (χ4n) is 9.45. The van der Waals surface area contributed by atoms with E-state index in [1.807, 2.05) is 30.5 Å². The van der Waals surface area contributed by atoms with Crippen molar-refractivity contribution in [3.8, 4) is 22.6 Å². The van der Waals surface area contributed by atoms with Gasteiger partial charge in [0.2, 0.25) is 11.8 Å². The van der Waals surface area contributed by atoms with Crippen molar-refractivity contribution >= 4 is 23.8 Å². The number of aliphatic hydroxyl groups is 1. The lowest BCUT2D eigenvalue weighted by Gasteiger charge is -2.33. The number of aryl methyl sites for hydroxylation is 1. The lowest BCUT2D eigenvalue weighted by molar-refractivity contribution is -0.139. The summed E-state index contributed by atoms with van der Waals surface area (Å²) < 4.78 is 13.5. The van der Waals surface area contributed by atoms with E-state index in [0.29, 0.717) is 42.1 Å². The van der Waals surface area contributed by atoms with Gasteiger partial charge in [-0.3, -0.25) is 39.2 Å². The van der Waals surface area contributed by atoms with Crippen molar-refractivity contribution < 1.29 is 33.8 Å². The number of carbonyl (C=O) groups excluding carboxylic acids is 4. The number of fused-ring (bicyclic) bond motifs is 3. The van der Waals surface area contributed by atoms with Crippen molar-refractivity contribution in [2.45, 2.75) is 77.0 Å². The molecule has 57 heavy (non-hydrogen) atoms. The molecule has 3 N–H and O–H groups in total. The van der Waals surface area contributed by atoms with Gasteiger partial charge in [0, 0.05) is 75.1 Å². The molecule has 2 aromatic carbocycles. The zero-order valence-corrected chi connectivity index (χ0v) is 33.1. The molecular weight excluding hydrogens is 731 g/mol. The van der Waals surface area contributed by atoms with Gasteiger partial charge in [0.05, 0.1) is 26.3 Å². The van der Waals surface area contributed by atoms with Crippen LogP contribution in [0.25, 0.3) is 11.1 Å². The second-order valence-corrected chi connectivity index (χ2v) is 16.0. The molecule has 8 rings (SSSR count). The Hall–Kier alpha value is -5.25. The minimum atomic E-state index is -1.21. The van der Waals surface area contributed by atoms with Gasteiger partial charge < -0.3 is 29.4 Å². The van der Waals surface area contributed by atoms with Crippen LogP contribution in [-0.4, -0.2) is 107 Å². The normalized spacial score (nSPS) is 21.3. The van der Waals surface area contributed by atoms with Gasteiger partial charge in [-0.05, 0) is 104 Å². The number of carbonyl (C=O) groups is 4. The molecule has 0 saturated carbocycles. The van der Waals surface area contributed by atoms with Gasteiger partial charge >= 0.3 is 6.03 Å². The van der Waals surface area contributed by atoms with Crippen molar-refractivity contribution in [1.29, 1.82) is 0 Å². The third kappa shape index (κ3) is 7.16. The molecule has 5 aliphatic rings. The van der Waals surface area contributed by atoms with Crippen LogP contribution >= 0.6 is 0 Å². The third-order valence-electron chi connectivity index (χ3n) is 12.6. The van der Waals surface area contributed by atoms with E-state index in [-0.39, 0.29) is 42.8 Å². The van der Waals surface area contributed by atoms with Crippen LogP contribution in [0.2, 0.25) is 0 Å². The molecular formula is C42H51N7O8. The van der Waals surface area contributed by atoms with E-state index in [9.17, 15) is 29.1 Å². The smallest absolute Gasteiger partial charge is 0.317 e. The van der Waals surface area contributed by atoms with Gasteiger partial charge in [-0.25, -0.2) is 4.79 Å². The highest BCUT2D eigenvalue weighted by molar-refractivity contribution is 6.05. The van der Waals surface area contributed by atoms with Crippen LogP contribution < -0.4 is 25.7 Å². The van der Waals surface area contributed by atoms with Crippen LogP contribution in [-0.2, 0) is 49.2 Å². The summed E-state index contributed by atoms with van der Waals surface area (Å²) in [5.74, 6) is 0.776. The van der Waals surface area contributed by atoms with E-state index in [1.54, 1.807) is 37.8 Å². The fourth-order valence-corrected chi connectivity index (χ4v) is 9.45. The molecule has 302 valence electrons. The number of methoxy groups -OCH3 is 2. The van der Waals surface area contributed by atoms with Gasteiger partial charge in [0.15, 0.2) is 6.23 Å². The SMILES string of the molecule is CNC(=O)N1CCc2c(-c3cc(OC)c(CN4CCC(CCN5Cc6cc7c(cc6C5)C(O)N(C5CCC(=O)NC5=O)C7=O)CC4)c(OC)c3)cn(C)c(=O)c2C1. The molecule has 3 aromatic rings. The van der Waals surface area contributed by atoms with Crippen molar-refractivity contribution in [3.05, 3.63) is 79.8 Å². The Labute approximate surface area is 331 Å². The summed E-state index contributed by atoms with van der Waals surface area (Å²) in [7, 11) is 6.68. The Bertz CT molecular complexity index is 2170. The number of urea groups is 1. The Morgan fingerprint density at radius 2 is 1.58 bits per heavy atom. The molecule has 2 saturated heterocycles. The molecule has 5 aliphatic heterocycles. The standard InChI is InChI=1S/C42H51N7O8/c1-43-42(55)48-14-10-28-31(21-45(2)39(52)32(28)23-48)25-17-35(56-3)33(36(18-25)57-4)22-46-11-7-24(8-12-46)9-13-47-19-26-15-29-30(16-27(26)20-47)41(54)49(40(29)53)34-5-6-37(50)44-38(34)51/h15-18,21,24,34,40,53H,5-14,19-20,22-23H2,1-4H3,(H,43,55)(H,44,50,51). The van der Waals surface area contributed by atoms with E-state index in [2.05, 4.69) is 20.4 Å². The van der Waals surface area contributed by atoms with Gasteiger partial charge in [0.1, 0.15) is 17.5 Å². The summed E-state index contributed by atoms with van der Waals surface area (Å²) in [6, 6.07) is 6.80. The molecule has 0 bridgehead atoms. The number of rotatable bonds is 9. The molecule has 15 heteroatoms. The summed E-state index contributed by atoms with van der Waals surface area (Å²) in [4.78, 5) is 70.8. The van der Waals surface area contributed by atoms with Crippen LogP contribution in [0.5, 0.6) is 11.5 Å². The highest BCUT2D eigenvalue weighted by Gasteiger charge is 2.45. The number of amides is 5. The predicted molar refractivity (Wildman–Crippen MR) is 209 cm³/mol. The van der Waals surface area contributed by atoms with Crippen LogP contribution in [0.15, 0.2) is 35.3 Å². The Balaban J connectivity index is 0.878. The third-order valence-corrected chi connectivity index (χ3v) is 12.6. The van der Waals surface area contributed by atoms with Gasteiger partial charge in [-0.15, -0.1) is 0 Å². The zero-order chi connectivity index (χ0) is 40.1. The lowest BCUT2D eigenvalue weighted by Crippen LogP contribution is -2.53. The quantitative estimate of drug-likeness (QED) is 0.275. The number of aromatic nitrogens is 1. The second kappa shape index (κ2) is 15.6. The maximum absolute atomic E-state index is 13.4. The first kappa shape index (κ1) is 38.6. The maximum Gasteiger partial charge on any atom is 0.317 e. The zero-order valence-electron chi connectivity index (χ0n) is 33.1. The molecule has 5 amide bonds. The van der Waals surface area contributed by atoms with E-state index >= 15 is 0 Å². The summed E-state index contributed by atoms with van der Waals surface area (Å²) in [5.41, 5.74) is 7.43. The monoisotopic (exact) mass is 781 g/mol. The van der Waals surface area contributed by atoms with Crippen molar-refractivity contribution in [2.75, 3.05) is 47.4 Å². The number of imide groups is 1. The summed E-state index contributed by atoms with van der Waals surface area (Å²) in [6.07, 6.45) is 4.78. The van der Waals surface area contributed by atoms with E-state index in [4.69, 9.17) is 9.47 Å². The molecule has 6 heterocycles. The number of nitrogens with zero attached hydrogens (tertiary/aromatic N) is 5. The van der Waals surface area contributed by atoms with E-state index in [1.165, 1.54) is 4.90 Å². The average Bonchev–Trinajstić information content (AvgIpc) is 3.73. The highest BCUT2D eigenvalue weighted by atomic mass is 16.5. The number of ether oxygens (including phenoxy) is 2. The number of pyridine rings is 1. The first-order valence-electron chi connectivity index (χ1n) is 19.9. The average molecular weight is 782 g/mol. The number of nitrogens with one attached hydrogen (secondary N) is 2. The minimum Gasteiger partial charge on any atom is -0.496 e. The van der Waals surface area contributed by atoms with Crippen LogP contribution in [0.4, 0.5) is 4.79 Å². The maximum atomic E-state index is 13.4. The first-order chi connectivity index (χ1) is 27.5. The number of aliphatic hydroxyl groups excluding tert-OH is 1. The van der Waals surface area contributed by atoms with Crippen molar-refractivity contribution in [2.24, 2.45) is 13.0 Å². The topological polar surface area (TPSA) is 166 Å². The van der Waals surface area contributed by atoms with Crippen LogP contribution in [0, 0.1) is 5.92 Å². The molecule has 2 unspecified atom stereocenters. The van der Waals surface area contributed by atoms with E-state index in [0.717, 1.165) is 96.9 Å². The summed E-state index contributed by atoms with van der Waals surface area (Å²) >= 11 is 0. The number of likely N-dealkylation sites (tertiary alicyclic amines) is 1. The molecule has 1 aromatic heterocycles. The number of hydrogen-bond acceptors (Lipinski definition) is 10. The summed E-state index contributed by atoms with van der Waals surface area (Å²) in [5, 5.41) is 16.1. The van der Waals surface area contributed by atoms with Crippen LogP contribution in [0.1, 0.15) is 82.1 Å². The molecule has 2 atom stereocenters. The molecule has 0 spiro atoms. The first-order valence-corrected chi connectivity index (χ1v) is 19.9. The van der Waals surface area contributed by atoms with Crippen molar-refractivity contribution in [1.82, 2.24) is 34.8 Å². The Morgan fingerprint density at radius 3 is 2.25 bits per heavy atom. The van der Waals surface area contributed by atoms with Gasteiger partial charge in [0.25, 0.3) is 11.5 Å². The lowest BCUT2D eigenvalue weighted by atomic mass is 9.91. The molecule has 15 nitrogen and oxygen atoms in total. The van der Waals surface area contributed by atoms with Crippen molar-refractivity contribution in [3.63, 3.8) is 0 Å². The Kier molecular flexibility index (Phi) is 10.6. The van der Waals surface area contributed by atoms with Gasteiger partial charge in [-0.1, -0.05) is 0 Å². The Morgan fingerprint density at radius 1 is 0.877 bits per heavy atom. The number of hydrogen-bond donors (Lipinski definition) is 3. The molecule has 0 aliphatic carbocycles. The molecule has 2 fully saturated rings. The highest BCUT2D eigenvalue weighted by Crippen LogP contribution is 2.41. The number of benzene rings is 2. The molecule has 0 radical (unpaired) electrons. The summed E-state index contributed by atoms with van der Waals surface area (Å²) in [6.45, 7) is 5.77. The predicted octanol–water partition coefficient (Wildman–Crippen LogP) is 2.64. The van der Waals surface area contributed by atoms with Crippen LogP contribution in [0.3, 0.4) is 0 Å². The second-order valence-electron chi connectivity index (χ2n) is 16.0. The fraction of sp³-hybridized carbons (Fsp3) is 0.500. The number of piperidine rings is 2.